The molecule has 1 rings (SSSR count). The van der Waals surface area contributed by atoms with Crippen LogP contribution in [-0.2, 0) is 18.3 Å². The van der Waals surface area contributed by atoms with Crippen LogP contribution < -0.4 is 5.32 Å². The van der Waals surface area contributed by atoms with Crippen molar-refractivity contribution in [1.29, 1.82) is 0 Å². The van der Waals surface area contributed by atoms with Crippen molar-refractivity contribution >= 4 is 5.91 Å². The van der Waals surface area contributed by atoms with Crippen molar-refractivity contribution < 1.29 is 4.79 Å². The molecule has 0 saturated heterocycles. The summed E-state index contributed by atoms with van der Waals surface area (Å²) in [6.45, 7) is 5.37. The molecule has 0 aliphatic carbocycles. The largest absolute Gasteiger partial charge is 0.345 e. The Balaban J connectivity index is 2.31. The third-order valence-corrected chi connectivity index (χ3v) is 2.94. The number of nitrogens with one attached hydrogen (secondary N) is 1. The van der Waals surface area contributed by atoms with E-state index in [2.05, 4.69) is 10.3 Å². The highest BCUT2D eigenvalue weighted by Crippen LogP contribution is 1.96. The molecule has 96 valence electrons. The number of aromatic nitrogens is 2. The molecule has 0 aliphatic rings. The van der Waals surface area contributed by atoms with Gasteiger partial charge in [0.15, 0.2) is 0 Å². The van der Waals surface area contributed by atoms with Crippen LogP contribution in [0.25, 0.3) is 0 Å². The number of likely N-dealkylation sites (N-methyl/N-ethyl adjacent to an activating group) is 1. The molecule has 17 heavy (non-hydrogen) atoms. The van der Waals surface area contributed by atoms with Gasteiger partial charge >= 0.3 is 0 Å². The second-order valence-corrected chi connectivity index (χ2v) is 4.23. The van der Waals surface area contributed by atoms with E-state index in [4.69, 9.17) is 0 Å². The van der Waals surface area contributed by atoms with Crippen LogP contribution in [0, 0.1) is 0 Å². The second kappa shape index (κ2) is 6.39. The van der Waals surface area contributed by atoms with Gasteiger partial charge in [-0.25, -0.2) is 4.98 Å². The lowest BCUT2D eigenvalue weighted by molar-refractivity contribution is -0.131. The van der Waals surface area contributed by atoms with Gasteiger partial charge in [0.1, 0.15) is 5.82 Å². The summed E-state index contributed by atoms with van der Waals surface area (Å²) < 4.78 is 1.99. The first-order chi connectivity index (χ1) is 8.06. The van der Waals surface area contributed by atoms with E-state index in [0.29, 0.717) is 0 Å². The maximum Gasteiger partial charge on any atom is 0.239 e. The zero-order valence-corrected chi connectivity index (χ0v) is 11.1. The van der Waals surface area contributed by atoms with Gasteiger partial charge in [0.25, 0.3) is 0 Å². The molecule has 0 aromatic carbocycles. The molecule has 1 aromatic heterocycles. The summed E-state index contributed by atoms with van der Waals surface area (Å²) in [5, 5.41) is 3.22. The van der Waals surface area contributed by atoms with Crippen LogP contribution in [0.3, 0.4) is 0 Å². The number of nitrogens with zero attached hydrogens (tertiary/aromatic N) is 3. The fourth-order valence-electron chi connectivity index (χ4n) is 1.61. The highest BCUT2D eigenvalue weighted by atomic mass is 16.2. The Bertz CT molecular complexity index is 361. The van der Waals surface area contributed by atoms with Crippen molar-refractivity contribution in [3.63, 3.8) is 0 Å². The number of aryl methyl sites for hydroxylation is 1. The Morgan fingerprint density at radius 3 is 2.88 bits per heavy atom. The Hall–Kier alpha value is -1.36. The fourth-order valence-corrected chi connectivity index (χ4v) is 1.61. The van der Waals surface area contributed by atoms with E-state index in [1.807, 2.05) is 38.7 Å². The third-order valence-electron chi connectivity index (χ3n) is 2.94. The van der Waals surface area contributed by atoms with Gasteiger partial charge in [-0.15, -0.1) is 0 Å². The predicted octanol–water partition coefficient (Wildman–Crippen LogP) is 0.419. The number of amides is 1. The van der Waals surface area contributed by atoms with E-state index in [1.165, 1.54) is 0 Å². The minimum atomic E-state index is -0.139. The van der Waals surface area contributed by atoms with Crippen molar-refractivity contribution in [3.05, 3.63) is 18.2 Å². The number of rotatable bonds is 6. The van der Waals surface area contributed by atoms with Gasteiger partial charge < -0.3 is 14.8 Å². The zero-order valence-electron chi connectivity index (χ0n) is 11.1. The van der Waals surface area contributed by atoms with Gasteiger partial charge in [-0.05, 0) is 13.8 Å². The molecule has 0 spiro atoms. The van der Waals surface area contributed by atoms with E-state index in [9.17, 15) is 4.79 Å². The zero-order chi connectivity index (χ0) is 12.8. The monoisotopic (exact) mass is 238 g/mol. The number of hydrogen-bond donors (Lipinski definition) is 1. The lowest BCUT2D eigenvalue weighted by Crippen LogP contribution is -2.43. The smallest absolute Gasteiger partial charge is 0.239 e. The fraction of sp³-hybridized carbons (Fsp3) is 0.667. The Morgan fingerprint density at radius 1 is 1.65 bits per heavy atom. The van der Waals surface area contributed by atoms with Crippen LogP contribution in [0.15, 0.2) is 12.4 Å². The summed E-state index contributed by atoms with van der Waals surface area (Å²) in [5.41, 5.74) is 0. The summed E-state index contributed by atoms with van der Waals surface area (Å²) in [4.78, 5) is 17.7. The van der Waals surface area contributed by atoms with Gasteiger partial charge in [0.05, 0.1) is 6.04 Å². The Labute approximate surface area is 103 Å². The van der Waals surface area contributed by atoms with E-state index < -0.39 is 0 Å². The molecule has 5 nitrogen and oxygen atoms in total. The van der Waals surface area contributed by atoms with E-state index in [0.717, 1.165) is 25.3 Å². The molecule has 1 amide bonds. The SMILES string of the molecule is CCN(C)C(=O)C(C)NCCc1nccn1C. The average Bonchev–Trinajstić information content (AvgIpc) is 2.73. The molecular weight excluding hydrogens is 216 g/mol. The standard InChI is InChI=1S/C12H22N4O/c1-5-15(3)12(17)10(2)13-7-6-11-14-8-9-16(11)4/h8-10,13H,5-7H2,1-4H3. The second-order valence-electron chi connectivity index (χ2n) is 4.23. The van der Waals surface area contributed by atoms with Crippen molar-refractivity contribution in [2.45, 2.75) is 26.3 Å². The molecular formula is C12H22N4O. The molecule has 0 radical (unpaired) electrons. The molecule has 1 atom stereocenters. The summed E-state index contributed by atoms with van der Waals surface area (Å²) in [6.07, 6.45) is 4.54. The third kappa shape index (κ3) is 3.85. The van der Waals surface area contributed by atoms with Crippen molar-refractivity contribution in [3.8, 4) is 0 Å². The van der Waals surface area contributed by atoms with Gasteiger partial charge in [-0.1, -0.05) is 0 Å². The van der Waals surface area contributed by atoms with Gasteiger partial charge in [-0.2, -0.15) is 0 Å². The molecule has 0 bridgehead atoms. The van der Waals surface area contributed by atoms with Crippen LogP contribution in [0.5, 0.6) is 0 Å². The highest BCUT2D eigenvalue weighted by Gasteiger charge is 2.15. The van der Waals surface area contributed by atoms with Gasteiger partial charge in [-0.3, -0.25) is 4.79 Å². The van der Waals surface area contributed by atoms with Crippen molar-refractivity contribution in [1.82, 2.24) is 19.8 Å². The molecule has 5 heteroatoms. The molecule has 1 N–H and O–H groups in total. The van der Waals surface area contributed by atoms with Crippen LogP contribution >= 0.6 is 0 Å². The molecule has 1 heterocycles. The maximum absolute atomic E-state index is 11.8. The van der Waals surface area contributed by atoms with Crippen LogP contribution in [0.1, 0.15) is 19.7 Å². The predicted molar refractivity (Wildman–Crippen MR) is 67.7 cm³/mol. The normalized spacial score (nSPS) is 12.5. The van der Waals surface area contributed by atoms with E-state index in [1.54, 1.807) is 11.1 Å². The highest BCUT2D eigenvalue weighted by molar-refractivity contribution is 5.81. The lowest BCUT2D eigenvalue weighted by Gasteiger charge is -2.20. The molecule has 1 aromatic rings. The van der Waals surface area contributed by atoms with Gasteiger partial charge in [0, 0.05) is 46.0 Å². The van der Waals surface area contributed by atoms with Crippen LogP contribution in [-0.4, -0.2) is 46.5 Å². The number of carbonyl (C=O) groups is 1. The van der Waals surface area contributed by atoms with Crippen LogP contribution in [0.4, 0.5) is 0 Å². The van der Waals surface area contributed by atoms with Gasteiger partial charge in [0.2, 0.25) is 5.91 Å². The Morgan fingerprint density at radius 2 is 2.35 bits per heavy atom. The summed E-state index contributed by atoms with van der Waals surface area (Å²) in [7, 11) is 3.79. The quantitative estimate of drug-likeness (QED) is 0.781. The molecule has 0 aliphatic heterocycles. The van der Waals surface area contributed by atoms with E-state index in [-0.39, 0.29) is 11.9 Å². The number of carbonyl (C=O) groups excluding carboxylic acids is 1. The Kier molecular flexibility index (Phi) is 5.15. The summed E-state index contributed by atoms with van der Waals surface area (Å²) >= 11 is 0. The average molecular weight is 238 g/mol. The van der Waals surface area contributed by atoms with Crippen molar-refractivity contribution in [2.24, 2.45) is 7.05 Å². The number of hydrogen-bond acceptors (Lipinski definition) is 3. The maximum atomic E-state index is 11.8. The molecule has 1 unspecified atom stereocenters. The first kappa shape index (κ1) is 13.7. The minimum Gasteiger partial charge on any atom is -0.345 e. The first-order valence-electron chi connectivity index (χ1n) is 6.00. The summed E-state index contributed by atoms with van der Waals surface area (Å²) in [5.74, 6) is 1.16. The summed E-state index contributed by atoms with van der Waals surface area (Å²) in [6, 6.07) is -0.139. The molecule has 0 fully saturated rings. The lowest BCUT2D eigenvalue weighted by atomic mass is 10.2. The topological polar surface area (TPSA) is 50.2 Å². The van der Waals surface area contributed by atoms with Crippen LogP contribution in [0.2, 0.25) is 0 Å². The number of imidazole rings is 1. The minimum absolute atomic E-state index is 0.132. The first-order valence-corrected chi connectivity index (χ1v) is 6.00. The van der Waals surface area contributed by atoms with E-state index >= 15 is 0 Å². The van der Waals surface area contributed by atoms with Crippen molar-refractivity contribution in [2.75, 3.05) is 20.1 Å². The molecule has 0 saturated carbocycles.